The van der Waals surface area contributed by atoms with Crippen molar-refractivity contribution in [3.63, 3.8) is 0 Å². The van der Waals surface area contributed by atoms with Crippen LogP contribution in [0.2, 0.25) is 0 Å². The Balaban J connectivity index is 1.80. The lowest BCUT2D eigenvalue weighted by molar-refractivity contribution is -0.114. The number of ketones is 1. The lowest BCUT2D eigenvalue weighted by atomic mass is 10.1. The summed E-state index contributed by atoms with van der Waals surface area (Å²) >= 11 is 0. The molecule has 0 saturated heterocycles. The van der Waals surface area contributed by atoms with E-state index in [0.29, 0.717) is 30.1 Å². The van der Waals surface area contributed by atoms with Gasteiger partial charge in [-0.15, -0.1) is 0 Å². The minimum absolute atomic E-state index is 0.0781. The average Bonchev–Trinajstić information content (AvgIpc) is 2.70. The van der Waals surface area contributed by atoms with Gasteiger partial charge in [0.1, 0.15) is 0 Å². The van der Waals surface area contributed by atoms with Crippen molar-refractivity contribution in [3.05, 3.63) is 59.7 Å². The van der Waals surface area contributed by atoms with Gasteiger partial charge in [-0.25, -0.2) is 0 Å². The molecule has 0 aromatic heterocycles. The molecular formula is C22H26O5. The van der Waals surface area contributed by atoms with Gasteiger partial charge in [0.2, 0.25) is 0 Å². The summed E-state index contributed by atoms with van der Waals surface area (Å²) in [5.74, 6) is 2.01. The molecule has 2 rings (SSSR count). The summed E-state index contributed by atoms with van der Waals surface area (Å²) in [4.78, 5) is 12.0. The van der Waals surface area contributed by atoms with Crippen LogP contribution in [0.15, 0.2) is 48.6 Å². The highest BCUT2D eigenvalue weighted by Crippen LogP contribution is 2.28. The molecule has 5 nitrogen and oxygen atoms in total. The number of allylic oxidation sites excluding steroid dienone is 2. The number of methoxy groups -OCH3 is 3. The average molecular weight is 370 g/mol. The first-order chi connectivity index (χ1) is 13.1. The molecule has 0 bridgehead atoms. The molecule has 0 aliphatic rings. The topological polar surface area (TPSA) is 65.0 Å². The maximum atomic E-state index is 12.0. The van der Waals surface area contributed by atoms with E-state index in [9.17, 15) is 9.90 Å². The maximum absolute atomic E-state index is 12.0. The van der Waals surface area contributed by atoms with Crippen molar-refractivity contribution < 1.29 is 24.1 Å². The van der Waals surface area contributed by atoms with Gasteiger partial charge < -0.3 is 19.3 Å². The van der Waals surface area contributed by atoms with Crippen molar-refractivity contribution >= 4 is 5.78 Å². The van der Waals surface area contributed by atoms with Crippen LogP contribution >= 0.6 is 0 Å². The van der Waals surface area contributed by atoms with Crippen molar-refractivity contribution in [2.24, 2.45) is 0 Å². The number of carbonyl (C=O) groups is 1. The number of phenols is 1. The Bertz CT molecular complexity index is 795. The number of carbonyl (C=O) groups excluding carboxylic acids is 1. The van der Waals surface area contributed by atoms with Crippen LogP contribution in [0.3, 0.4) is 0 Å². The fraction of sp³-hybridized carbons (Fsp3) is 0.318. The Labute approximate surface area is 160 Å². The van der Waals surface area contributed by atoms with Crippen molar-refractivity contribution in [2.45, 2.75) is 25.7 Å². The van der Waals surface area contributed by atoms with Gasteiger partial charge >= 0.3 is 0 Å². The monoisotopic (exact) mass is 370 g/mol. The normalized spacial score (nSPS) is 10.8. The van der Waals surface area contributed by atoms with Crippen LogP contribution in [-0.4, -0.2) is 32.2 Å². The first-order valence-electron chi connectivity index (χ1n) is 8.83. The molecule has 5 heteroatoms. The highest BCUT2D eigenvalue weighted by molar-refractivity contribution is 5.89. The zero-order chi connectivity index (χ0) is 19.6. The van der Waals surface area contributed by atoms with Crippen molar-refractivity contribution in [1.29, 1.82) is 0 Å². The van der Waals surface area contributed by atoms with Gasteiger partial charge in [0, 0.05) is 6.42 Å². The second kappa shape index (κ2) is 10.3. The van der Waals surface area contributed by atoms with Gasteiger partial charge in [-0.1, -0.05) is 18.2 Å². The fourth-order valence-electron chi connectivity index (χ4n) is 2.73. The third-order valence-corrected chi connectivity index (χ3v) is 4.26. The van der Waals surface area contributed by atoms with E-state index in [2.05, 4.69) is 0 Å². The van der Waals surface area contributed by atoms with Crippen LogP contribution in [0.25, 0.3) is 0 Å². The SMILES string of the molecule is COc1cc(CCC(=O)/C=C/CCc2ccc(OC)c(OC)c2)ccc1O. The summed E-state index contributed by atoms with van der Waals surface area (Å²) < 4.78 is 15.6. The first-order valence-corrected chi connectivity index (χ1v) is 8.83. The molecule has 1 N–H and O–H groups in total. The number of benzene rings is 2. The van der Waals surface area contributed by atoms with Crippen LogP contribution in [0.1, 0.15) is 24.0 Å². The number of phenolic OH excluding ortho intramolecular Hbond substituents is 1. The van der Waals surface area contributed by atoms with E-state index in [0.717, 1.165) is 24.0 Å². The molecule has 0 saturated carbocycles. The minimum atomic E-state index is 0.0781. The molecule has 27 heavy (non-hydrogen) atoms. The minimum Gasteiger partial charge on any atom is -0.504 e. The van der Waals surface area contributed by atoms with Gasteiger partial charge in [0.25, 0.3) is 0 Å². The van der Waals surface area contributed by atoms with E-state index < -0.39 is 0 Å². The Morgan fingerprint density at radius 1 is 0.889 bits per heavy atom. The molecule has 0 amide bonds. The van der Waals surface area contributed by atoms with E-state index in [1.165, 1.54) is 7.11 Å². The number of aromatic hydroxyl groups is 1. The van der Waals surface area contributed by atoms with Gasteiger partial charge in [-0.05, 0) is 60.7 Å². The zero-order valence-electron chi connectivity index (χ0n) is 16.0. The smallest absolute Gasteiger partial charge is 0.160 e. The molecule has 0 heterocycles. The van der Waals surface area contributed by atoms with Gasteiger partial charge in [-0.2, -0.15) is 0 Å². The summed E-state index contributed by atoms with van der Waals surface area (Å²) in [6, 6.07) is 11.0. The standard InChI is InChI=1S/C22H26O5/c1-25-20-13-10-16(15-22(20)27-3)6-4-5-7-18(23)11-8-17-9-12-19(24)21(14-17)26-2/h5,7,9-10,12-15,24H,4,6,8,11H2,1-3H3/b7-5+. The molecule has 0 radical (unpaired) electrons. The molecule has 144 valence electrons. The lowest BCUT2D eigenvalue weighted by Crippen LogP contribution is -1.97. The fourth-order valence-corrected chi connectivity index (χ4v) is 2.73. The molecule has 0 aliphatic heterocycles. The van der Waals surface area contributed by atoms with Gasteiger partial charge in [-0.3, -0.25) is 4.79 Å². The summed E-state index contributed by atoms with van der Waals surface area (Å²) in [5.41, 5.74) is 2.08. The molecule has 0 atom stereocenters. The predicted molar refractivity (Wildman–Crippen MR) is 105 cm³/mol. The quantitative estimate of drug-likeness (QED) is 0.638. The van der Waals surface area contributed by atoms with Crippen LogP contribution in [0, 0.1) is 0 Å². The van der Waals surface area contributed by atoms with Crippen LogP contribution in [0.5, 0.6) is 23.0 Å². The molecule has 0 aliphatic carbocycles. The van der Waals surface area contributed by atoms with E-state index in [1.807, 2.05) is 24.3 Å². The van der Waals surface area contributed by atoms with Gasteiger partial charge in [0.15, 0.2) is 28.8 Å². The van der Waals surface area contributed by atoms with Crippen LogP contribution in [0.4, 0.5) is 0 Å². The third kappa shape index (κ3) is 6.06. The summed E-state index contributed by atoms with van der Waals surface area (Å²) in [5, 5.41) is 9.59. The lowest BCUT2D eigenvalue weighted by Gasteiger charge is -2.08. The van der Waals surface area contributed by atoms with Crippen molar-refractivity contribution in [3.8, 4) is 23.0 Å². The summed E-state index contributed by atoms with van der Waals surface area (Å²) in [6.07, 6.45) is 6.15. The van der Waals surface area contributed by atoms with Crippen LogP contribution < -0.4 is 14.2 Å². The number of ether oxygens (including phenoxy) is 3. The summed E-state index contributed by atoms with van der Waals surface area (Å²) in [7, 11) is 4.73. The number of hydrogen-bond acceptors (Lipinski definition) is 5. The van der Waals surface area contributed by atoms with E-state index in [-0.39, 0.29) is 11.5 Å². The Kier molecular flexibility index (Phi) is 7.74. The van der Waals surface area contributed by atoms with Crippen molar-refractivity contribution in [2.75, 3.05) is 21.3 Å². The maximum Gasteiger partial charge on any atom is 0.160 e. The zero-order valence-corrected chi connectivity index (χ0v) is 16.0. The predicted octanol–water partition coefficient (Wildman–Crippen LogP) is 4.11. The largest absolute Gasteiger partial charge is 0.504 e. The van der Waals surface area contributed by atoms with E-state index >= 15 is 0 Å². The summed E-state index contributed by atoms with van der Waals surface area (Å²) in [6.45, 7) is 0. The highest BCUT2D eigenvalue weighted by atomic mass is 16.5. The second-order valence-corrected chi connectivity index (χ2v) is 6.10. The molecule has 0 unspecified atom stereocenters. The molecule has 2 aromatic carbocycles. The number of aryl methyl sites for hydroxylation is 2. The van der Waals surface area contributed by atoms with Gasteiger partial charge in [0.05, 0.1) is 21.3 Å². The molecular weight excluding hydrogens is 344 g/mol. The number of hydrogen-bond donors (Lipinski definition) is 1. The van der Waals surface area contributed by atoms with Crippen LogP contribution in [-0.2, 0) is 17.6 Å². The number of rotatable bonds is 10. The highest BCUT2D eigenvalue weighted by Gasteiger charge is 2.05. The molecule has 2 aromatic rings. The van der Waals surface area contributed by atoms with Crippen molar-refractivity contribution in [1.82, 2.24) is 0 Å². The first kappa shape index (κ1) is 20.4. The Morgan fingerprint density at radius 2 is 1.52 bits per heavy atom. The molecule has 0 fully saturated rings. The molecule has 0 spiro atoms. The second-order valence-electron chi connectivity index (χ2n) is 6.10. The van der Waals surface area contributed by atoms with E-state index in [1.54, 1.807) is 38.5 Å². The Morgan fingerprint density at radius 3 is 2.22 bits per heavy atom. The van der Waals surface area contributed by atoms with E-state index in [4.69, 9.17) is 14.2 Å². The Hall–Kier alpha value is -2.95. The third-order valence-electron chi connectivity index (χ3n) is 4.26.